The molecule has 32 heavy (non-hydrogen) atoms. The first-order chi connectivity index (χ1) is 15.5. The van der Waals surface area contributed by atoms with Crippen molar-refractivity contribution in [3.05, 3.63) is 83.9 Å². The van der Waals surface area contributed by atoms with E-state index in [2.05, 4.69) is 17.0 Å². The Morgan fingerprint density at radius 3 is 2.66 bits per heavy atom. The van der Waals surface area contributed by atoms with Gasteiger partial charge < -0.3 is 4.90 Å². The highest BCUT2D eigenvalue weighted by molar-refractivity contribution is 8.03. The normalized spacial score (nSPS) is 16.0. The number of nitrogens with zero attached hydrogens (tertiary/aromatic N) is 3. The van der Waals surface area contributed by atoms with E-state index in [4.69, 9.17) is 0 Å². The van der Waals surface area contributed by atoms with Gasteiger partial charge in [-0.25, -0.2) is 4.39 Å². The number of benzene rings is 2. The van der Waals surface area contributed by atoms with Crippen LogP contribution in [-0.2, 0) is 13.6 Å². The summed E-state index contributed by atoms with van der Waals surface area (Å²) in [6.45, 7) is 2.55. The Balaban J connectivity index is 1.60. The number of hydrogen-bond donors (Lipinski definition) is 0. The molecule has 0 amide bonds. The minimum Gasteiger partial charge on any atom is -0.338 e. The summed E-state index contributed by atoms with van der Waals surface area (Å²) in [5.74, 6) is -0.221. The first-order valence-corrected chi connectivity index (χ1v) is 12.6. The van der Waals surface area contributed by atoms with Crippen LogP contribution in [-0.4, -0.2) is 11.6 Å². The van der Waals surface area contributed by atoms with Crippen LogP contribution in [0.2, 0.25) is 0 Å². The first kappa shape index (κ1) is 21.2. The maximum atomic E-state index is 14.2. The summed E-state index contributed by atoms with van der Waals surface area (Å²) in [7, 11) is 3.96. The zero-order valence-electron chi connectivity index (χ0n) is 17.8. The molecular formula is C24H21FN3OS3+. The summed E-state index contributed by atoms with van der Waals surface area (Å²) in [6, 6.07) is 13.4. The van der Waals surface area contributed by atoms with Gasteiger partial charge in [0.05, 0.1) is 21.3 Å². The van der Waals surface area contributed by atoms with Crippen LogP contribution in [0.25, 0.3) is 22.4 Å². The Hall–Kier alpha value is -2.68. The number of anilines is 1. The summed E-state index contributed by atoms with van der Waals surface area (Å²) in [6.07, 6.45) is 5.90. The highest BCUT2D eigenvalue weighted by atomic mass is 32.2. The zero-order valence-corrected chi connectivity index (χ0v) is 20.3. The molecule has 0 spiro atoms. The van der Waals surface area contributed by atoms with Gasteiger partial charge in [0.1, 0.15) is 22.2 Å². The van der Waals surface area contributed by atoms with E-state index in [1.807, 2.05) is 62.0 Å². The molecule has 1 aliphatic rings. The monoisotopic (exact) mass is 482 g/mol. The lowest BCUT2D eigenvalue weighted by atomic mass is 10.3. The Labute approximate surface area is 196 Å². The minimum atomic E-state index is -0.221. The number of thioether (sulfide) groups is 1. The number of aromatic nitrogens is 2. The molecule has 0 aliphatic carbocycles. The van der Waals surface area contributed by atoms with Gasteiger partial charge >= 0.3 is 0 Å². The van der Waals surface area contributed by atoms with Crippen molar-refractivity contribution in [1.82, 2.24) is 4.57 Å². The number of halogens is 1. The largest absolute Gasteiger partial charge is 0.338 e. The third kappa shape index (κ3) is 3.52. The quantitative estimate of drug-likeness (QED) is 0.416. The number of thiazole rings is 2. The highest BCUT2D eigenvalue weighted by Gasteiger charge is 2.21. The van der Waals surface area contributed by atoms with Crippen LogP contribution in [0.3, 0.4) is 0 Å². The molecule has 1 aliphatic heterocycles. The fourth-order valence-corrected chi connectivity index (χ4v) is 7.03. The molecule has 0 bridgehead atoms. The molecule has 162 valence electrons. The first-order valence-electron chi connectivity index (χ1n) is 10.2. The van der Waals surface area contributed by atoms with E-state index in [1.165, 1.54) is 39.3 Å². The van der Waals surface area contributed by atoms with E-state index in [0.29, 0.717) is 15.8 Å². The second kappa shape index (κ2) is 8.35. The summed E-state index contributed by atoms with van der Waals surface area (Å²) in [4.78, 5) is 16.4. The number of allylic oxidation sites excluding steroid dienone is 1. The van der Waals surface area contributed by atoms with Crippen LogP contribution in [0, 0.1) is 5.82 Å². The lowest BCUT2D eigenvalue weighted by Crippen LogP contribution is -2.32. The van der Waals surface area contributed by atoms with Crippen LogP contribution in [0.5, 0.6) is 0 Å². The van der Waals surface area contributed by atoms with Crippen molar-refractivity contribution in [1.29, 1.82) is 0 Å². The van der Waals surface area contributed by atoms with E-state index in [1.54, 1.807) is 22.4 Å². The predicted octanol–water partition coefficient (Wildman–Crippen LogP) is 3.80. The van der Waals surface area contributed by atoms with Gasteiger partial charge in [-0.2, -0.15) is 4.57 Å². The number of fused-ring (bicyclic) bond motifs is 2. The summed E-state index contributed by atoms with van der Waals surface area (Å²) in [5.41, 5.74) is 2.02. The minimum absolute atomic E-state index is 0.00120. The number of aryl methyl sites for hydroxylation is 1. The molecule has 5 rings (SSSR count). The van der Waals surface area contributed by atoms with Crippen molar-refractivity contribution in [2.24, 2.45) is 7.05 Å². The maximum absolute atomic E-state index is 14.2. The van der Waals surface area contributed by atoms with Gasteiger partial charge in [-0.1, -0.05) is 41.3 Å². The number of hydrogen-bond acceptors (Lipinski definition) is 5. The Bertz CT molecular complexity index is 1560. The molecular weight excluding hydrogens is 461 g/mol. The number of para-hydroxylation sites is 1. The van der Waals surface area contributed by atoms with Crippen molar-refractivity contribution >= 4 is 62.5 Å². The molecule has 2 aromatic carbocycles. The molecule has 0 saturated carbocycles. The molecule has 4 nitrogen and oxygen atoms in total. The van der Waals surface area contributed by atoms with Gasteiger partial charge in [-0.3, -0.25) is 9.36 Å². The summed E-state index contributed by atoms with van der Waals surface area (Å²) in [5, 5.41) is 1.99. The molecule has 4 aromatic rings. The lowest BCUT2D eigenvalue weighted by Gasteiger charge is -2.12. The Kier molecular flexibility index (Phi) is 5.53. The van der Waals surface area contributed by atoms with E-state index < -0.39 is 0 Å². The second-order valence-corrected chi connectivity index (χ2v) is 10.5. The van der Waals surface area contributed by atoms with Gasteiger partial charge in [0, 0.05) is 24.6 Å². The third-order valence-corrected chi connectivity index (χ3v) is 8.96. The van der Waals surface area contributed by atoms with E-state index in [9.17, 15) is 9.18 Å². The van der Waals surface area contributed by atoms with Gasteiger partial charge in [0.2, 0.25) is 5.52 Å². The smallest absolute Gasteiger partial charge is 0.269 e. The fraction of sp³-hybridized carbons (Fsp3) is 0.167. The van der Waals surface area contributed by atoms with Crippen molar-refractivity contribution in [2.45, 2.75) is 18.4 Å². The standard InChI is InChI=1S/C24H21FN3OS3/c1-4-28-22(14-21-27(3)17-10-7-8-15(25)23(17)32-21)31-19(24(28)29)12-13-20-26(2)16-9-5-6-11-18(16)30-20/h5-14H,4H2,1-3H3/q+1/b19-12-,20-13-. The van der Waals surface area contributed by atoms with Gasteiger partial charge in [0.25, 0.3) is 10.6 Å². The van der Waals surface area contributed by atoms with E-state index >= 15 is 0 Å². The van der Waals surface area contributed by atoms with E-state index in [-0.39, 0.29) is 11.4 Å². The predicted molar refractivity (Wildman–Crippen MR) is 133 cm³/mol. The molecule has 0 N–H and O–H groups in total. The molecule has 0 unspecified atom stereocenters. The third-order valence-electron chi connectivity index (χ3n) is 5.49. The molecule has 3 heterocycles. The Morgan fingerprint density at radius 2 is 1.91 bits per heavy atom. The van der Waals surface area contributed by atoms with Crippen LogP contribution < -0.4 is 24.2 Å². The lowest BCUT2D eigenvalue weighted by molar-refractivity contribution is -0.642. The molecule has 8 heteroatoms. The van der Waals surface area contributed by atoms with Crippen molar-refractivity contribution in [3.63, 3.8) is 0 Å². The number of rotatable bonds is 3. The van der Waals surface area contributed by atoms with Crippen LogP contribution in [0.1, 0.15) is 11.9 Å². The molecule has 0 radical (unpaired) electrons. The molecule has 2 aromatic heterocycles. The summed E-state index contributed by atoms with van der Waals surface area (Å²) < 4.78 is 20.1. The molecule has 0 saturated heterocycles. The zero-order chi connectivity index (χ0) is 22.4. The summed E-state index contributed by atoms with van der Waals surface area (Å²) >= 11 is 4.56. The average Bonchev–Trinajstić information content (AvgIpc) is 3.40. The fourth-order valence-electron chi connectivity index (χ4n) is 3.76. The van der Waals surface area contributed by atoms with E-state index in [0.717, 1.165) is 20.2 Å². The van der Waals surface area contributed by atoms with Gasteiger partial charge in [-0.05, 0) is 37.3 Å². The van der Waals surface area contributed by atoms with Gasteiger partial charge in [-0.15, -0.1) is 11.3 Å². The highest BCUT2D eigenvalue weighted by Crippen LogP contribution is 2.44. The molecule has 0 atom stereocenters. The topological polar surface area (TPSA) is 29.1 Å². The Morgan fingerprint density at radius 1 is 1.09 bits per heavy atom. The second-order valence-electron chi connectivity index (χ2n) is 7.39. The van der Waals surface area contributed by atoms with Crippen molar-refractivity contribution in [3.8, 4) is 0 Å². The van der Waals surface area contributed by atoms with Gasteiger partial charge in [0.15, 0.2) is 0 Å². The average molecular weight is 483 g/mol. The van der Waals surface area contributed by atoms with Crippen LogP contribution >= 0.6 is 34.4 Å². The molecule has 0 fully saturated rings. The SMILES string of the molecule is CCn1c(=O)/c(=C/C=C2\Sc3ccccc3N2C)s/c1=C\c1sc2c(F)cccc2[n+]1C. The van der Waals surface area contributed by atoms with Crippen LogP contribution in [0.15, 0.2) is 63.3 Å². The van der Waals surface area contributed by atoms with Crippen LogP contribution in [0.4, 0.5) is 10.1 Å². The maximum Gasteiger partial charge on any atom is 0.269 e. The van der Waals surface area contributed by atoms with Crippen molar-refractivity contribution in [2.75, 3.05) is 11.9 Å². The van der Waals surface area contributed by atoms with Crippen molar-refractivity contribution < 1.29 is 8.96 Å².